The lowest BCUT2D eigenvalue weighted by molar-refractivity contribution is 0.0691. The van der Waals surface area contributed by atoms with Gasteiger partial charge in [-0.25, -0.2) is 19.7 Å². The van der Waals surface area contributed by atoms with Gasteiger partial charge in [-0.3, -0.25) is 0 Å². The zero-order chi connectivity index (χ0) is 18.4. The van der Waals surface area contributed by atoms with Gasteiger partial charge in [0.1, 0.15) is 21.4 Å². The first-order valence-corrected chi connectivity index (χ1v) is 10.4. The molecule has 0 saturated carbocycles. The van der Waals surface area contributed by atoms with Gasteiger partial charge < -0.3 is 10.8 Å². The highest BCUT2D eigenvalue weighted by molar-refractivity contribution is 7.80. The molecule has 0 unspecified atom stereocenters. The van der Waals surface area contributed by atoms with Gasteiger partial charge in [-0.15, -0.1) is 34.0 Å². The molecule has 0 spiro atoms. The van der Waals surface area contributed by atoms with Gasteiger partial charge in [0.2, 0.25) is 0 Å². The van der Waals surface area contributed by atoms with Crippen LogP contribution in [0.2, 0.25) is 0 Å². The summed E-state index contributed by atoms with van der Waals surface area (Å²) in [5.41, 5.74) is 6.96. The SMILES string of the molecule is C.C.CCc1nc(-c2nc(C(=O)O)cs2)cs1.CCc1nc(C(N)=S)cs1. The summed E-state index contributed by atoms with van der Waals surface area (Å²) in [6.07, 6.45) is 1.84. The number of rotatable bonds is 5. The maximum atomic E-state index is 10.6. The van der Waals surface area contributed by atoms with E-state index in [0.29, 0.717) is 10.00 Å². The molecule has 3 aromatic heterocycles. The lowest BCUT2D eigenvalue weighted by atomic mass is 10.4. The van der Waals surface area contributed by atoms with Gasteiger partial charge in [0.25, 0.3) is 0 Å². The highest BCUT2D eigenvalue weighted by atomic mass is 32.1. The van der Waals surface area contributed by atoms with Gasteiger partial charge in [0.15, 0.2) is 5.69 Å². The summed E-state index contributed by atoms with van der Waals surface area (Å²) in [6, 6.07) is 0. The molecule has 0 fully saturated rings. The number of nitrogens with zero attached hydrogens (tertiary/aromatic N) is 3. The molecule has 6 nitrogen and oxygen atoms in total. The van der Waals surface area contributed by atoms with Gasteiger partial charge in [0, 0.05) is 16.1 Å². The normalized spacial score (nSPS) is 9.41. The van der Waals surface area contributed by atoms with E-state index >= 15 is 0 Å². The van der Waals surface area contributed by atoms with Crippen LogP contribution in [0.15, 0.2) is 16.1 Å². The van der Waals surface area contributed by atoms with Crippen molar-refractivity contribution in [2.45, 2.75) is 41.5 Å². The second-order valence-corrected chi connectivity index (χ2v) is 7.85. The number of hydrogen-bond donors (Lipinski definition) is 2. The van der Waals surface area contributed by atoms with Crippen LogP contribution in [0.1, 0.15) is 54.9 Å². The van der Waals surface area contributed by atoms with E-state index < -0.39 is 5.97 Å². The first-order valence-electron chi connectivity index (χ1n) is 7.32. The van der Waals surface area contributed by atoms with Crippen LogP contribution in [-0.4, -0.2) is 31.0 Å². The average molecular weight is 445 g/mol. The smallest absolute Gasteiger partial charge is 0.355 e. The fraction of sp³-hybridized carbons (Fsp3) is 0.353. The van der Waals surface area contributed by atoms with Crippen LogP contribution in [0.25, 0.3) is 10.7 Å². The first-order chi connectivity index (χ1) is 11.9. The molecule has 0 aliphatic carbocycles. The maximum Gasteiger partial charge on any atom is 0.355 e. The predicted molar refractivity (Wildman–Crippen MR) is 120 cm³/mol. The Kier molecular flexibility index (Phi) is 11.1. The molecule has 0 bridgehead atoms. The van der Waals surface area contributed by atoms with Gasteiger partial charge in [-0.2, -0.15) is 0 Å². The van der Waals surface area contributed by atoms with Crippen molar-refractivity contribution in [2.24, 2.45) is 5.73 Å². The molecule has 0 aromatic carbocycles. The second-order valence-electron chi connectivity index (χ2n) is 4.67. The average Bonchev–Trinajstić information content (AvgIpc) is 3.33. The van der Waals surface area contributed by atoms with Crippen molar-refractivity contribution in [3.05, 3.63) is 37.5 Å². The number of carbonyl (C=O) groups is 1. The zero-order valence-electron chi connectivity index (χ0n) is 13.6. The molecule has 10 heteroatoms. The molecule has 3 aromatic rings. The Balaban J connectivity index is 0.000000500. The highest BCUT2D eigenvalue weighted by Gasteiger charge is 2.12. The summed E-state index contributed by atoms with van der Waals surface area (Å²) >= 11 is 9.22. The Morgan fingerprint density at radius 1 is 1.00 bits per heavy atom. The summed E-state index contributed by atoms with van der Waals surface area (Å²) in [5, 5.41) is 16.8. The fourth-order valence-electron chi connectivity index (χ4n) is 1.65. The van der Waals surface area contributed by atoms with Gasteiger partial charge in [-0.1, -0.05) is 40.9 Å². The quantitative estimate of drug-likeness (QED) is 0.525. The number of aromatic carboxylic acids is 1. The second kappa shape index (κ2) is 11.9. The molecule has 27 heavy (non-hydrogen) atoms. The van der Waals surface area contributed by atoms with E-state index in [0.717, 1.165) is 34.2 Å². The monoisotopic (exact) mass is 444 g/mol. The molecule has 0 atom stereocenters. The summed E-state index contributed by atoms with van der Waals surface area (Å²) in [6.45, 7) is 4.09. The summed E-state index contributed by atoms with van der Waals surface area (Å²) in [4.78, 5) is 23.5. The first kappa shape index (κ1) is 25.2. The van der Waals surface area contributed by atoms with E-state index in [-0.39, 0.29) is 20.5 Å². The fourth-order valence-corrected chi connectivity index (χ4v) is 4.13. The van der Waals surface area contributed by atoms with Crippen LogP contribution in [-0.2, 0) is 12.8 Å². The molecule has 0 aliphatic heterocycles. The third kappa shape index (κ3) is 7.06. The van der Waals surface area contributed by atoms with Crippen molar-refractivity contribution >= 4 is 57.2 Å². The number of aryl methyl sites for hydroxylation is 2. The summed E-state index contributed by atoms with van der Waals surface area (Å²) in [7, 11) is 0. The zero-order valence-corrected chi connectivity index (χ0v) is 16.8. The molecule has 0 aliphatic rings. The van der Waals surface area contributed by atoms with Crippen LogP contribution in [0, 0.1) is 0 Å². The van der Waals surface area contributed by atoms with Crippen molar-refractivity contribution in [2.75, 3.05) is 0 Å². The van der Waals surface area contributed by atoms with Crippen molar-refractivity contribution in [1.29, 1.82) is 0 Å². The number of aromatic nitrogens is 3. The van der Waals surface area contributed by atoms with Crippen LogP contribution in [0.3, 0.4) is 0 Å². The van der Waals surface area contributed by atoms with E-state index in [1.807, 2.05) is 17.7 Å². The minimum Gasteiger partial charge on any atom is -0.476 e. The van der Waals surface area contributed by atoms with E-state index in [1.54, 1.807) is 22.7 Å². The molecule has 148 valence electrons. The van der Waals surface area contributed by atoms with Crippen molar-refractivity contribution in [3.63, 3.8) is 0 Å². The Labute approximate surface area is 177 Å². The van der Waals surface area contributed by atoms with Crippen molar-refractivity contribution < 1.29 is 9.90 Å². The third-order valence-corrected chi connectivity index (χ3v) is 5.96. The molecular weight excluding hydrogens is 420 g/mol. The molecule has 3 N–H and O–H groups in total. The number of thiazole rings is 3. The van der Waals surface area contributed by atoms with Crippen LogP contribution < -0.4 is 5.73 Å². The molecule has 3 heterocycles. The number of nitrogens with two attached hydrogens (primary N) is 1. The largest absolute Gasteiger partial charge is 0.476 e. The van der Waals surface area contributed by atoms with Gasteiger partial charge in [0.05, 0.1) is 10.0 Å². The summed E-state index contributed by atoms with van der Waals surface area (Å²) in [5.74, 6) is -0.997. The predicted octanol–water partition coefficient (Wildman–Crippen LogP) is 5.14. The summed E-state index contributed by atoms with van der Waals surface area (Å²) < 4.78 is 0. The van der Waals surface area contributed by atoms with Crippen LogP contribution in [0.4, 0.5) is 0 Å². The Bertz CT molecular complexity index is 870. The van der Waals surface area contributed by atoms with Crippen molar-refractivity contribution in [3.8, 4) is 10.7 Å². The Hall–Kier alpha value is -1.75. The third-order valence-electron chi connectivity index (χ3n) is 2.90. The van der Waals surface area contributed by atoms with E-state index in [4.69, 9.17) is 23.1 Å². The van der Waals surface area contributed by atoms with E-state index in [9.17, 15) is 4.79 Å². The number of carboxylic acid groups (broad SMARTS) is 1. The maximum absolute atomic E-state index is 10.6. The minimum atomic E-state index is -0.997. The highest BCUT2D eigenvalue weighted by Crippen LogP contribution is 2.25. The number of hydrogen-bond acceptors (Lipinski definition) is 8. The Morgan fingerprint density at radius 3 is 1.96 bits per heavy atom. The van der Waals surface area contributed by atoms with E-state index in [1.165, 1.54) is 16.7 Å². The van der Waals surface area contributed by atoms with Gasteiger partial charge >= 0.3 is 5.97 Å². The molecule has 0 saturated heterocycles. The topological polar surface area (TPSA) is 102 Å². The Morgan fingerprint density at radius 2 is 1.56 bits per heavy atom. The molecule has 3 rings (SSSR count). The number of thiocarbonyl (C=S) groups is 1. The minimum absolute atomic E-state index is 0. The lowest BCUT2D eigenvalue weighted by Crippen LogP contribution is -2.09. The lowest BCUT2D eigenvalue weighted by Gasteiger charge is -1.87. The van der Waals surface area contributed by atoms with E-state index in [2.05, 4.69) is 21.9 Å². The molecular formula is C17H24N4O2S4. The van der Waals surface area contributed by atoms with Gasteiger partial charge in [-0.05, 0) is 12.8 Å². The molecule has 0 radical (unpaired) electrons. The number of carboxylic acids is 1. The molecule has 0 amide bonds. The van der Waals surface area contributed by atoms with Crippen LogP contribution >= 0.6 is 46.2 Å². The standard InChI is InChI=1S/C9H8N2O2S2.C6H8N2S2.2CH4/c1-2-7-10-5(3-14-7)8-11-6(4-15-8)9(12)13;1-2-5-8-4(3-10-5)6(7)9;;/h3-4H,2H2,1H3,(H,12,13);3H,2H2,1H3,(H2,7,9);2*1H4. The van der Waals surface area contributed by atoms with Crippen LogP contribution in [0.5, 0.6) is 0 Å². The van der Waals surface area contributed by atoms with Crippen molar-refractivity contribution in [1.82, 2.24) is 15.0 Å².